The maximum atomic E-state index is 13.0. The second kappa shape index (κ2) is 10.8. The zero-order chi connectivity index (χ0) is 24.0. The zero-order valence-electron chi connectivity index (χ0n) is 18.4. The quantitative estimate of drug-likeness (QED) is 0.171. The van der Waals surface area contributed by atoms with Crippen LogP contribution in [0, 0.1) is 0 Å². The summed E-state index contributed by atoms with van der Waals surface area (Å²) in [4.78, 5) is 39.0. The van der Waals surface area contributed by atoms with Crippen LogP contribution in [-0.4, -0.2) is 73.2 Å². The van der Waals surface area contributed by atoms with Crippen LogP contribution in [0.25, 0.3) is 5.76 Å². The molecule has 1 amide bonds. The van der Waals surface area contributed by atoms with Crippen molar-refractivity contribution in [1.29, 1.82) is 0 Å². The number of carbonyl (C=O) groups is 3. The minimum atomic E-state index is -0.852. The molecular formula is C24H26N2O7. The summed E-state index contributed by atoms with van der Waals surface area (Å²) in [6.07, 6.45) is 0. The monoisotopic (exact) mass is 454 g/mol. The van der Waals surface area contributed by atoms with Gasteiger partial charge in [0.25, 0.3) is 11.7 Å². The highest BCUT2D eigenvalue weighted by Crippen LogP contribution is 2.39. The highest BCUT2D eigenvalue weighted by Gasteiger charge is 2.45. The van der Waals surface area contributed by atoms with E-state index in [0.717, 1.165) is 0 Å². The molecule has 0 saturated carbocycles. The Balaban J connectivity index is 2.05. The van der Waals surface area contributed by atoms with Crippen molar-refractivity contribution < 1.29 is 34.1 Å². The Hall–Kier alpha value is -3.69. The van der Waals surface area contributed by atoms with Gasteiger partial charge in [-0.05, 0) is 42.0 Å². The van der Waals surface area contributed by atoms with Gasteiger partial charge < -0.3 is 29.9 Å². The predicted octanol–water partition coefficient (Wildman–Crippen LogP) is 1.49. The lowest BCUT2D eigenvalue weighted by atomic mass is 9.94. The molecule has 1 heterocycles. The van der Waals surface area contributed by atoms with Gasteiger partial charge in [-0.3, -0.25) is 9.59 Å². The molecule has 3 N–H and O–H groups in total. The smallest absolute Gasteiger partial charge is 0.337 e. The van der Waals surface area contributed by atoms with Crippen LogP contribution in [0.5, 0.6) is 5.75 Å². The molecule has 1 aliphatic heterocycles. The van der Waals surface area contributed by atoms with Crippen LogP contribution in [-0.2, 0) is 14.3 Å². The van der Waals surface area contributed by atoms with Crippen molar-refractivity contribution in [3.05, 3.63) is 70.8 Å². The molecular weight excluding hydrogens is 428 g/mol. The summed E-state index contributed by atoms with van der Waals surface area (Å²) in [7, 11) is 2.79. The lowest BCUT2D eigenvalue weighted by Gasteiger charge is -2.25. The molecule has 1 saturated heterocycles. The summed E-state index contributed by atoms with van der Waals surface area (Å²) in [6, 6.07) is 12.0. The van der Waals surface area contributed by atoms with E-state index in [1.165, 1.54) is 19.1 Å². The largest absolute Gasteiger partial charge is 0.507 e. The summed E-state index contributed by atoms with van der Waals surface area (Å²) < 4.78 is 9.86. The number of aliphatic hydroxyl groups excluding tert-OH is 2. The van der Waals surface area contributed by atoms with E-state index in [0.29, 0.717) is 35.5 Å². The van der Waals surface area contributed by atoms with E-state index in [1.807, 2.05) is 0 Å². The van der Waals surface area contributed by atoms with Gasteiger partial charge in [-0.2, -0.15) is 0 Å². The first-order valence-electron chi connectivity index (χ1n) is 10.4. The van der Waals surface area contributed by atoms with E-state index < -0.39 is 23.7 Å². The van der Waals surface area contributed by atoms with Gasteiger partial charge in [-0.1, -0.05) is 12.1 Å². The van der Waals surface area contributed by atoms with Crippen LogP contribution in [0.3, 0.4) is 0 Å². The molecule has 33 heavy (non-hydrogen) atoms. The van der Waals surface area contributed by atoms with Gasteiger partial charge in [0.1, 0.15) is 11.5 Å². The third-order valence-electron chi connectivity index (χ3n) is 5.37. The van der Waals surface area contributed by atoms with Crippen LogP contribution in [0.15, 0.2) is 54.1 Å². The van der Waals surface area contributed by atoms with Crippen molar-refractivity contribution >= 4 is 23.4 Å². The number of hydrogen-bond acceptors (Lipinski definition) is 8. The fourth-order valence-electron chi connectivity index (χ4n) is 3.68. The molecule has 2 aromatic rings. The summed E-state index contributed by atoms with van der Waals surface area (Å²) in [6.45, 7) is 0.795. The summed E-state index contributed by atoms with van der Waals surface area (Å²) in [5, 5.41) is 23.0. The van der Waals surface area contributed by atoms with E-state index in [2.05, 4.69) is 5.32 Å². The van der Waals surface area contributed by atoms with Gasteiger partial charge in [0.15, 0.2) is 0 Å². The third-order valence-corrected chi connectivity index (χ3v) is 5.37. The van der Waals surface area contributed by atoms with E-state index in [9.17, 15) is 19.5 Å². The number of aliphatic hydroxyl groups is 2. The van der Waals surface area contributed by atoms with Gasteiger partial charge in [0, 0.05) is 25.2 Å². The molecule has 2 aromatic carbocycles. The Morgan fingerprint density at radius 3 is 2.21 bits per heavy atom. The van der Waals surface area contributed by atoms with Crippen LogP contribution in [0.2, 0.25) is 0 Å². The molecule has 9 heteroatoms. The molecule has 0 unspecified atom stereocenters. The Labute approximate surface area is 191 Å². The fourth-order valence-corrected chi connectivity index (χ4v) is 3.68. The average Bonchev–Trinajstić information content (AvgIpc) is 3.10. The number of Topliss-reactive ketones (excluding diaryl/α,β-unsaturated/α-hetero) is 1. The SMILES string of the molecule is COC(=O)c1ccc([C@@H]2C(=C(O)c3ccc(OC)cc3)C(=O)C(=O)N2CCNCCO)cc1. The zero-order valence-corrected chi connectivity index (χ0v) is 18.4. The van der Waals surface area contributed by atoms with Crippen molar-refractivity contribution in [2.24, 2.45) is 0 Å². The van der Waals surface area contributed by atoms with E-state index in [-0.39, 0.29) is 24.5 Å². The molecule has 0 radical (unpaired) electrons. The number of hydrogen-bond donors (Lipinski definition) is 3. The van der Waals surface area contributed by atoms with E-state index in [1.54, 1.807) is 48.5 Å². The minimum absolute atomic E-state index is 0.0434. The topological polar surface area (TPSA) is 125 Å². The highest BCUT2D eigenvalue weighted by atomic mass is 16.5. The van der Waals surface area contributed by atoms with Crippen molar-refractivity contribution in [1.82, 2.24) is 10.2 Å². The number of nitrogens with one attached hydrogen (secondary N) is 1. The van der Waals surface area contributed by atoms with Crippen molar-refractivity contribution in [3.8, 4) is 5.75 Å². The molecule has 0 bridgehead atoms. The molecule has 174 valence electrons. The van der Waals surface area contributed by atoms with Crippen molar-refractivity contribution in [2.45, 2.75) is 6.04 Å². The molecule has 1 atom stereocenters. The number of likely N-dealkylation sites (tertiary alicyclic amines) is 1. The Kier molecular flexibility index (Phi) is 7.81. The number of carbonyl (C=O) groups excluding carboxylic acids is 3. The normalized spacial score (nSPS) is 17.3. The first-order chi connectivity index (χ1) is 15.9. The number of benzene rings is 2. The lowest BCUT2D eigenvalue weighted by Crippen LogP contribution is -2.36. The van der Waals surface area contributed by atoms with Crippen LogP contribution in [0.1, 0.15) is 27.5 Å². The van der Waals surface area contributed by atoms with Gasteiger partial charge in [-0.15, -0.1) is 0 Å². The lowest BCUT2D eigenvalue weighted by molar-refractivity contribution is -0.139. The number of ketones is 1. The standard InChI is InChI=1S/C24H26N2O7/c1-32-18-9-7-16(8-10-18)21(28)19-20(15-3-5-17(6-4-15)24(31)33-2)26(23(30)22(19)29)13-11-25-12-14-27/h3-10,20,25,27-28H,11-14H2,1-2H3/t20-/m1/s1. The molecule has 3 rings (SSSR count). The van der Waals surface area contributed by atoms with E-state index >= 15 is 0 Å². The number of amides is 1. The summed E-state index contributed by atoms with van der Waals surface area (Å²) in [5.41, 5.74) is 1.19. The highest BCUT2D eigenvalue weighted by molar-refractivity contribution is 6.46. The van der Waals surface area contributed by atoms with E-state index in [4.69, 9.17) is 14.6 Å². The Morgan fingerprint density at radius 2 is 1.64 bits per heavy atom. The van der Waals surface area contributed by atoms with Crippen LogP contribution >= 0.6 is 0 Å². The molecule has 9 nitrogen and oxygen atoms in total. The second-order valence-electron chi connectivity index (χ2n) is 7.31. The number of esters is 1. The Bertz CT molecular complexity index is 1050. The minimum Gasteiger partial charge on any atom is -0.507 e. The van der Waals surface area contributed by atoms with Gasteiger partial charge in [0.2, 0.25) is 0 Å². The van der Waals surface area contributed by atoms with Gasteiger partial charge in [0.05, 0.1) is 38.0 Å². The predicted molar refractivity (Wildman–Crippen MR) is 120 cm³/mol. The van der Waals surface area contributed by atoms with Crippen molar-refractivity contribution in [2.75, 3.05) is 40.5 Å². The maximum absolute atomic E-state index is 13.0. The molecule has 1 fully saturated rings. The number of methoxy groups -OCH3 is 2. The summed E-state index contributed by atoms with van der Waals surface area (Å²) >= 11 is 0. The van der Waals surface area contributed by atoms with Crippen molar-refractivity contribution in [3.63, 3.8) is 0 Å². The van der Waals surface area contributed by atoms with Gasteiger partial charge in [-0.25, -0.2) is 4.79 Å². The number of nitrogens with zero attached hydrogens (tertiary/aromatic N) is 1. The number of rotatable bonds is 9. The Morgan fingerprint density at radius 1 is 1.00 bits per heavy atom. The molecule has 0 aliphatic carbocycles. The fraction of sp³-hybridized carbons (Fsp3) is 0.292. The summed E-state index contributed by atoms with van der Waals surface area (Å²) in [5.74, 6) is -1.77. The first kappa shape index (κ1) is 24.0. The van der Waals surface area contributed by atoms with Gasteiger partial charge >= 0.3 is 5.97 Å². The second-order valence-corrected chi connectivity index (χ2v) is 7.31. The number of ether oxygens (including phenoxy) is 2. The first-order valence-corrected chi connectivity index (χ1v) is 10.4. The maximum Gasteiger partial charge on any atom is 0.337 e. The molecule has 0 spiro atoms. The molecule has 0 aromatic heterocycles. The van der Waals surface area contributed by atoms with Crippen LogP contribution < -0.4 is 10.1 Å². The molecule has 1 aliphatic rings. The average molecular weight is 454 g/mol. The van der Waals surface area contributed by atoms with Crippen LogP contribution in [0.4, 0.5) is 0 Å². The third kappa shape index (κ3) is 5.05.